The molecule has 7 nitrogen and oxygen atoms in total. The Morgan fingerprint density at radius 1 is 1.41 bits per heavy atom. The number of carbonyl (C=O) groups is 1. The maximum absolute atomic E-state index is 13.2. The largest absolute Gasteiger partial charge is 0.374 e. The van der Waals surface area contributed by atoms with E-state index < -0.39 is 5.92 Å². The van der Waals surface area contributed by atoms with Crippen molar-refractivity contribution in [1.29, 1.82) is 5.26 Å². The highest BCUT2D eigenvalue weighted by molar-refractivity contribution is 6.00. The fourth-order valence-electron chi connectivity index (χ4n) is 4.29. The van der Waals surface area contributed by atoms with Gasteiger partial charge < -0.3 is 20.2 Å². The first-order chi connectivity index (χ1) is 13.9. The number of fused-ring (bicyclic) bond motifs is 1. The predicted octanol–water partition coefficient (Wildman–Crippen LogP) is 2.42. The van der Waals surface area contributed by atoms with Crippen molar-refractivity contribution in [3.05, 3.63) is 59.0 Å². The molecule has 4 rings (SSSR count). The van der Waals surface area contributed by atoms with E-state index in [0.29, 0.717) is 42.2 Å². The van der Waals surface area contributed by atoms with E-state index >= 15 is 0 Å². The van der Waals surface area contributed by atoms with Gasteiger partial charge in [0.05, 0.1) is 48.2 Å². The molecule has 0 saturated heterocycles. The van der Waals surface area contributed by atoms with Crippen molar-refractivity contribution in [3.63, 3.8) is 0 Å². The van der Waals surface area contributed by atoms with E-state index in [-0.39, 0.29) is 17.8 Å². The lowest BCUT2D eigenvalue weighted by atomic mass is 9.70. The molecule has 0 fully saturated rings. The summed E-state index contributed by atoms with van der Waals surface area (Å²) in [6.45, 7) is 5.22. The number of carbonyl (C=O) groups excluding carboxylic acids is 1. The van der Waals surface area contributed by atoms with Gasteiger partial charge in [0.2, 0.25) is 0 Å². The Labute approximate surface area is 169 Å². The molecule has 2 aromatic heterocycles. The highest BCUT2D eigenvalue weighted by Crippen LogP contribution is 2.46. The summed E-state index contributed by atoms with van der Waals surface area (Å²) >= 11 is 0. The number of hydrogen-bond acceptors (Lipinski definition) is 6. The number of nitriles is 1. The Kier molecular flexibility index (Phi) is 4.99. The van der Waals surface area contributed by atoms with Gasteiger partial charge in [-0.3, -0.25) is 4.79 Å². The van der Waals surface area contributed by atoms with Crippen molar-refractivity contribution in [2.45, 2.75) is 32.6 Å². The van der Waals surface area contributed by atoms with Gasteiger partial charge in [-0.2, -0.15) is 5.26 Å². The molecule has 1 aliphatic carbocycles. The first-order valence-corrected chi connectivity index (χ1v) is 9.81. The fourth-order valence-corrected chi connectivity index (χ4v) is 4.29. The summed E-state index contributed by atoms with van der Waals surface area (Å²) in [5.74, 6) is 0.230. The Bertz CT molecular complexity index is 1070. The predicted molar refractivity (Wildman–Crippen MR) is 109 cm³/mol. The Morgan fingerprint density at radius 3 is 3.00 bits per heavy atom. The highest BCUT2D eigenvalue weighted by atomic mass is 16.5. The second-order valence-corrected chi connectivity index (χ2v) is 8.35. The molecule has 0 spiro atoms. The first-order valence-electron chi connectivity index (χ1n) is 9.81. The number of imidazole rings is 1. The molecule has 1 aliphatic heterocycles. The van der Waals surface area contributed by atoms with Crippen LogP contribution in [0.2, 0.25) is 0 Å². The van der Waals surface area contributed by atoms with Crippen LogP contribution in [-0.4, -0.2) is 34.9 Å². The number of pyridine rings is 1. The molecular formula is C22H25N5O2. The van der Waals surface area contributed by atoms with Crippen LogP contribution in [0.3, 0.4) is 0 Å². The number of nitrogens with one attached hydrogen (secondary N) is 1. The molecule has 0 radical (unpaired) electrons. The number of aromatic nitrogens is 2. The molecule has 29 heavy (non-hydrogen) atoms. The van der Waals surface area contributed by atoms with Gasteiger partial charge in [-0.15, -0.1) is 0 Å². The molecule has 2 aromatic rings. The van der Waals surface area contributed by atoms with Crippen LogP contribution < -0.4 is 11.1 Å². The van der Waals surface area contributed by atoms with Crippen LogP contribution in [0.5, 0.6) is 0 Å². The van der Waals surface area contributed by atoms with Gasteiger partial charge in [-0.1, -0.05) is 19.9 Å². The van der Waals surface area contributed by atoms with Gasteiger partial charge in [-0.25, -0.2) is 4.98 Å². The van der Waals surface area contributed by atoms with Crippen LogP contribution in [-0.2, 0) is 9.53 Å². The Morgan fingerprint density at radius 2 is 2.24 bits per heavy atom. The molecule has 0 saturated carbocycles. The van der Waals surface area contributed by atoms with Crippen molar-refractivity contribution in [3.8, 4) is 6.07 Å². The molecule has 2 aliphatic rings. The second-order valence-electron chi connectivity index (χ2n) is 8.35. The Balaban J connectivity index is 1.88. The van der Waals surface area contributed by atoms with Gasteiger partial charge in [0.15, 0.2) is 5.78 Å². The molecule has 3 heterocycles. The monoisotopic (exact) mass is 391 g/mol. The Hall–Kier alpha value is -2.95. The zero-order valence-electron chi connectivity index (χ0n) is 16.7. The maximum Gasteiger partial charge on any atom is 0.162 e. The van der Waals surface area contributed by atoms with Gasteiger partial charge in [-0.05, 0) is 24.0 Å². The number of dihydropyridines is 1. The minimum absolute atomic E-state index is 0.0658. The van der Waals surface area contributed by atoms with Crippen LogP contribution in [0.1, 0.15) is 38.4 Å². The summed E-state index contributed by atoms with van der Waals surface area (Å²) in [6.07, 6.45) is 4.86. The third-order valence-electron chi connectivity index (χ3n) is 5.48. The van der Waals surface area contributed by atoms with Gasteiger partial charge in [0.25, 0.3) is 0 Å². The van der Waals surface area contributed by atoms with Crippen molar-refractivity contribution in [2.75, 3.05) is 19.8 Å². The average Bonchev–Trinajstić information content (AvgIpc) is 3.10. The number of nitrogens with two attached hydrogens (primary N) is 1. The van der Waals surface area contributed by atoms with Crippen molar-refractivity contribution in [2.24, 2.45) is 11.1 Å². The van der Waals surface area contributed by atoms with Gasteiger partial charge in [0, 0.05) is 30.4 Å². The molecule has 0 aromatic carbocycles. The third kappa shape index (κ3) is 3.46. The van der Waals surface area contributed by atoms with Crippen molar-refractivity contribution in [1.82, 2.24) is 14.7 Å². The quantitative estimate of drug-likeness (QED) is 0.759. The van der Waals surface area contributed by atoms with E-state index in [1.165, 1.54) is 0 Å². The summed E-state index contributed by atoms with van der Waals surface area (Å²) in [6, 6.07) is 8.14. The molecule has 150 valence electrons. The summed E-state index contributed by atoms with van der Waals surface area (Å²) < 4.78 is 7.58. The van der Waals surface area contributed by atoms with Crippen LogP contribution in [0, 0.1) is 16.7 Å². The maximum atomic E-state index is 13.2. The summed E-state index contributed by atoms with van der Waals surface area (Å²) in [4.78, 5) is 17.8. The zero-order valence-corrected chi connectivity index (χ0v) is 16.7. The summed E-state index contributed by atoms with van der Waals surface area (Å²) in [5, 5.41) is 13.4. The van der Waals surface area contributed by atoms with Crippen LogP contribution in [0.4, 0.5) is 0 Å². The normalized spacial score (nSPS) is 21.2. The molecule has 1 atom stereocenters. The minimum atomic E-state index is -0.513. The summed E-state index contributed by atoms with van der Waals surface area (Å²) in [7, 11) is 0. The highest BCUT2D eigenvalue weighted by Gasteiger charge is 2.43. The zero-order chi connectivity index (χ0) is 20.6. The SMILES string of the molecule is CC1(C)CC(=O)C2=C(C1)NC(COCCN)=C(C#N)C2c1ncc2ccccn12. The summed E-state index contributed by atoms with van der Waals surface area (Å²) in [5.41, 5.74) is 9.00. The molecule has 7 heteroatoms. The second kappa shape index (κ2) is 7.47. The number of nitrogens with zero attached hydrogens (tertiary/aromatic N) is 3. The van der Waals surface area contributed by atoms with Crippen molar-refractivity contribution >= 4 is 11.3 Å². The van der Waals surface area contributed by atoms with Gasteiger partial charge >= 0.3 is 0 Å². The van der Waals surface area contributed by atoms with Crippen LogP contribution >= 0.6 is 0 Å². The van der Waals surface area contributed by atoms with Crippen LogP contribution in [0.15, 0.2) is 53.1 Å². The number of hydrogen-bond donors (Lipinski definition) is 2. The molecule has 0 bridgehead atoms. The molecular weight excluding hydrogens is 366 g/mol. The minimum Gasteiger partial charge on any atom is -0.374 e. The molecule has 0 amide bonds. The van der Waals surface area contributed by atoms with E-state index in [1.54, 1.807) is 6.20 Å². The molecule has 3 N–H and O–H groups in total. The number of allylic oxidation sites excluding steroid dienone is 3. The van der Waals surface area contributed by atoms with E-state index in [2.05, 4.69) is 30.2 Å². The van der Waals surface area contributed by atoms with E-state index in [4.69, 9.17) is 10.5 Å². The fraction of sp³-hybridized carbons (Fsp3) is 0.409. The lowest BCUT2D eigenvalue weighted by molar-refractivity contribution is -0.118. The topological polar surface area (TPSA) is 105 Å². The number of ether oxygens (including phenoxy) is 1. The smallest absolute Gasteiger partial charge is 0.162 e. The molecule has 1 unspecified atom stereocenters. The van der Waals surface area contributed by atoms with E-state index in [0.717, 1.165) is 17.6 Å². The average molecular weight is 391 g/mol. The van der Waals surface area contributed by atoms with Crippen LogP contribution in [0.25, 0.3) is 5.52 Å². The van der Waals surface area contributed by atoms with Gasteiger partial charge in [0.1, 0.15) is 5.82 Å². The van der Waals surface area contributed by atoms with E-state index in [9.17, 15) is 10.1 Å². The standard InChI is InChI=1S/C22H25N5O2/c1-22(2)9-16-20(18(28)10-22)19(15(11-24)17(26-16)13-29-8-6-23)21-25-12-14-5-3-4-7-27(14)21/h3-5,7,12,19,26H,6,8-10,13,23H2,1-2H3. The van der Waals surface area contributed by atoms with Crippen molar-refractivity contribution < 1.29 is 9.53 Å². The first kappa shape index (κ1) is 19.4. The number of ketones is 1. The number of rotatable bonds is 5. The lowest BCUT2D eigenvalue weighted by Gasteiger charge is -2.38. The lowest BCUT2D eigenvalue weighted by Crippen LogP contribution is -2.38. The van der Waals surface area contributed by atoms with E-state index in [1.807, 2.05) is 28.8 Å². The third-order valence-corrected chi connectivity index (χ3v) is 5.48. The number of Topliss-reactive ketones (excluding diaryl/α,β-unsaturated/α-hetero) is 1.